The van der Waals surface area contributed by atoms with Gasteiger partial charge in [-0.2, -0.15) is 0 Å². The van der Waals surface area contributed by atoms with E-state index < -0.39 is 11.9 Å². The molecule has 2 heterocycles. The van der Waals surface area contributed by atoms with Crippen LogP contribution < -0.4 is 16.4 Å². The summed E-state index contributed by atoms with van der Waals surface area (Å²) in [6.45, 7) is 3.28. The first-order chi connectivity index (χ1) is 9.45. The molecule has 8 heteroatoms. The zero-order chi connectivity index (χ0) is 14.9. The normalized spacial score (nSPS) is 16.2. The van der Waals surface area contributed by atoms with Crippen molar-refractivity contribution in [3.8, 4) is 0 Å². The molecule has 1 saturated heterocycles. The molecule has 0 atom stereocenters. The Morgan fingerprint density at radius 2 is 1.85 bits per heavy atom. The number of carbonyl (C=O) groups is 2. The molecule has 1 aliphatic heterocycles. The standard InChI is InChI=1S/C12H18N4O3S/c1-15-3-5-16(6-4-15)11-7(10(14)17)8(13)9(20-11)12(18)19-2/h3-6,13H2,1-2H3,(H2,14,17). The zero-order valence-electron chi connectivity index (χ0n) is 11.5. The molecule has 1 aliphatic rings. The SMILES string of the molecule is COC(=O)c1sc(N2CCN(C)CC2)c(C(N)=O)c1N. The predicted octanol–water partition coefficient (Wildman–Crippen LogP) is -0.0324. The first-order valence-corrected chi connectivity index (χ1v) is 7.01. The molecule has 0 unspecified atom stereocenters. The number of methoxy groups -OCH3 is 1. The highest BCUT2D eigenvalue weighted by Crippen LogP contribution is 2.38. The smallest absolute Gasteiger partial charge is 0.350 e. The quantitative estimate of drug-likeness (QED) is 0.760. The number of primary amides is 1. The van der Waals surface area contributed by atoms with Crippen LogP contribution in [0.5, 0.6) is 0 Å². The number of rotatable bonds is 3. The molecule has 1 aromatic rings. The van der Waals surface area contributed by atoms with Crippen LogP contribution in [0.3, 0.4) is 0 Å². The van der Waals surface area contributed by atoms with Gasteiger partial charge in [0, 0.05) is 26.2 Å². The fourth-order valence-corrected chi connectivity index (χ4v) is 3.34. The number of likely N-dealkylation sites (N-methyl/N-ethyl adjacent to an activating group) is 1. The van der Waals surface area contributed by atoms with Crippen LogP contribution in [0, 0.1) is 0 Å². The number of ether oxygens (including phenoxy) is 1. The van der Waals surface area contributed by atoms with Crippen LogP contribution in [0.1, 0.15) is 20.0 Å². The Morgan fingerprint density at radius 3 is 2.35 bits per heavy atom. The molecular formula is C12H18N4O3S. The maximum atomic E-state index is 11.7. The number of hydrogen-bond acceptors (Lipinski definition) is 7. The van der Waals surface area contributed by atoms with E-state index in [1.54, 1.807) is 0 Å². The topological polar surface area (TPSA) is 102 Å². The van der Waals surface area contributed by atoms with E-state index in [4.69, 9.17) is 11.5 Å². The van der Waals surface area contributed by atoms with Crippen molar-refractivity contribution in [1.82, 2.24) is 4.90 Å². The lowest BCUT2D eigenvalue weighted by molar-refractivity contribution is 0.0607. The molecule has 2 rings (SSSR count). The Hall–Kier alpha value is -1.80. The maximum Gasteiger partial charge on any atom is 0.350 e. The van der Waals surface area contributed by atoms with Crippen LogP contribution >= 0.6 is 11.3 Å². The van der Waals surface area contributed by atoms with Crippen molar-refractivity contribution in [2.75, 3.05) is 51.0 Å². The molecule has 7 nitrogen and oxygen atoms in total. The Bertz CT molecular complexity index is 535. The van der Waals surface area contributed by atoms with Crippen molar-refractivity contribution < 1.29 is 14.3 Å². The van der Waals surface area contributed by atoms with Gasteiger partial charge in [0.1, 0.15) is 9.88 Å². The first kappa shape index (κ1) is 14.6. The van der Waals surface area contributed by atoms with Crippen LogP contribution in [-0.2, 0) is 4.74 Å². The van der Waals surface area contributed by atoms with Crippen molar-refractivity contribution in [3.05, 3.63) is 10.4 Å². The Morgan fingerprint density at radius 1 is 1.25 bits per heavy atom. The van der Waals surface area contributed by atoms with Gasteiger partial charge in [0.2, 0.25) is 0 Å². The van der Waals surface area contributed by atoms with E-state index >= 15 is 0 Å². The van der Waals surface area contributed by atoms with Gasteiger partial charge < -0.3 is 26.0 Å². The first-order valence-electron chi connectivity index (χ1n) is 6.19. The van der Waals surface area contributed by atoms with Gasteiger partial charge in [-0.3, -0.25) is 4.79 Å². The van der Waals surface area contributed by atoms with Crippen molar-refractivity contribution in [2.24, 2.45) is 5.73 Å². The molecule has 0 saturated carbocycles. The van der Waals surface area contributed by atoms with Crippen LogP contribution in [0.2, 0.25) is 0 Å². The second-order valence-electron chi connectivity index (χ2n) is 4.67. The molecule has 0 bridgehead atoms. The van der Waals surface area contributed by atoms with E-state index in [-0.39, 0.29) is 16.1 Å². The van der Waals surface area contributed by atoms with Gasteiger partial charge in [-0.25, -0.2) is 4.79 Å². The third-order valence-corrected chi connectivity index (χ3v) is 4.58. The molecule has 1 fully saturated rings. The number of nitrogens with zero attached hydrogens (tertiary/aromatic N) is 2. The summed E-state index contributed by atoms with van der Waals surface area (Å²) in [5, 5.41) is 0.656. The lowest BCUT2D eigenvalue weighted by atomic mass is 10.2. The van der Waals surface area contributed by atoms with Gasteiger partial charge in [-0.1, -0.05) is 0 Å². The predicted molar refractivity (Wildman–Crippen MR) is 78.3 cm³/mol. The van der Waals surface area contributed by atoms with Gasteiger partial charge in [0.05, 0.1) is 18.4 Å². The summed E-state index contributed by atoms with van der Waals surface area (Å²) < 4.78 is 4.68. The number of nitrogens with two attached hydrogens (primary N) is 2. The van der Waals surface area contributed by atoms with E-state index in [1.807, 2.05) is 11.9 Å². The lowest BCUT2D eigenvalue weighted by Crippen LogP contribution is -2.44. The highest BCUT2D eigenvalue weighted by molar-refractivity contribution is 7.19. The van der Waals surface area contributed by atoms with Gasteiger partial charge in [-0.05, 0) is 7.05 Å². The monoisotopic (exact) mass is 298 g/mol. The summed E-state index contributed by atoms with van der Waals surface area (Å²) in [5.74, 6) is -1.17. The number of nitrogen functional groups attached to an aromatic ring is 1. The number of thiophene rings is 1. The van der Waals surface area contributed by atoms with Gasteiger partial charge in [0.15, 0.2) is 0 Å². The number of anilines is 2. The summed E-state index contributed by atoms with van der Waals surface area (Å²) in [4.78, 5) is 27.8. The van der Waals surface area contributed by atoms with E-state index in [0.29, 0.717) is 5.00 Å². The third kappa shape index (κ3) is 2.56. The molecule has 0 radical (unpaired) electrons. The van der Waals surface area contributed by atoms with Crippen LogP contribution in [0.25, 0.3) is 0 Å². The summed E-state index contributed by atoms with van der Waals surface area (Å²) in [5.41, 5.74) is 11.6. The van der Waals surface area contributed by atoms with E-state index in [2.05, 4.69) is 9.64 Å². The minimum Gasteiger partial charge on any atom is -0.465 e. The van der Waals surface area contributed by atoms with Gasteiger partial charge in [0.25, 0.3) is 5.91 Å². The maximum absolute atomic E-state index is 11.7. The van der Waals surface area contributed by atoms with E-state index in [9.17, 15) is 9.59 Å². The summed E-state index contributed by atoms with van der Waals surface area (Å²) >= 11 is 1.16. The molecule has 4 N–H and O–H groups in total. The largest absolute Gasteiger partial charge is 0.465 e. The lowest BCUT2D eigenvalue weighted by Gasteiger charge is -2.33. The van der Waals surface area contributed by atoms with Crippen LogP contribution in [0.15, 0.2) is 0 Å². The van der Waals surface area contributed by atoms with E-state index in [1.165, 1.54) is 7.11 Å². The molecule has 20 heavy (non-hydrogen) atoms. The minimum atomic E-state index is -0.622. The van der Waals surface area contributed by atoms with Crippen molar-refractivity contribution >= 4 is 33.9 Å². The number of amides is 1. The highest BCUT2D eigenvalue weighted by atomic mass is 32.1. The highest BCUT2D eigenvalue weighted by Gasteiger charge is 2.28. The summed E-state index contributed by atoms with van der Waals surface area (Å²) in [7, 11) is 3.32. The van der Waals surface area contributed by atoms with Gasteiger partial charge >= 0.3 is 5.97 Å². The van der Waals surface area contributed by atoms with Gasteiger partial charge in [-0.15, -0.1) is 11.3 Å². The molecular weight excluding hydrogens is 280 g/mol. The van der Waals surface area contributed by atoms with Crippen molar-refractivity contribution in [1.29, 1.82) is 0 Å². The molecule has 1 amide bonds. The fraction of sp³-hybridized carbons (Fsp3) is 0.500. The fourth-order valence-electron chi connectivity index (χ4n) is 2.15. The van der Waals surface area contributed by atoms with Crippen LogP contribution in [0.4, 0.5) is 10.7 Å². The molecule has 0 aromatic carbocycles. The second-order valence-corrected chi connectivity index (χ2v) is 5.67. The number of carbonyl (C=O) groups excluding carboxylic acids is 2. The number of hydrogen-bond donors (Lipinski definition) is 2. The average molecular weight is 298 g/mol. The van der Waals surface area contributed by atoms with E-state index in [0.717, 1.165) is 37.5 Å². The molecule has 0 spiro atoms. The van der Waals surface area contributed by atoms with Crippen molar-refractivity contribution in [2.45, 2.75) is 0 Å². The number of esters is 1. The molecule has 110 valence electrons. The second kappa shape index (κ2) is 5.68. The summed E-state index contributed by atoms with van der Waals surface area (Å²) in [6.07, 6.45) is 0. The third-order valence-electron chi connectivity index (χ3n) is 3.33. The minimum absolute atomic E-state index is 0.114. The Balaban J connectivity index is 2.41. The zero-order valence-corrected chi connectivity index (χ0v) is 12.3. The number of piperazine rings is 1. The summed E-state index contributed by atoms with van der Waals surface area (Å²) in [6, 6.07) is 0. The molecule has 0 aliphatic carbocycles. The Labute approximate surface area is 121 Å². The Kier molecular flexibility index (Phi) is 4.15. The van der Waals surface area contributed by atoms with Crippen molar-refractivity contribution in [3.63, 3.8) is 0 Å². The van der Waals surface area contributed by atoms with Crippen LogP contribution in [-0.4, -0.2) is 57.1 Å². The molecule has 1 aromatic heterocycles. The average Bonchev–Trinajstić information content (AvgIpc) is 2.76.